The topological polar surface area (TPSA) is 55.3 Å². The first kappa shape index (κ1) is 17.9. The molecular formula is C19H27N3O2. The third-order valence-electron chi connectivity index (χ3n) is 4.30. The second-order valence-corrected chi connectivity index (χ2v) is 6.07. The van der Waals surface area contributed by atoms with Crippen molar-refractivity contribution in [1.82, 2.24) is 15.2 Å². The van der Waals surface area contributed by atoms with Crippen molar-refractivity contribution >= 4 is 6.03 Å². The monoisotopic (exact) mass is 329 g/mol. The second kappa shape index (κ2) is 7.90. The van der Waals surface area contributed by atoms with Gasteiger partial charge in [-0.1, -0.05) is 6.92 Å². The summed E-state index contributed by atoms with van der Waals surface area (Å²) in [5, 5.41) is 5.85. The average molecular weight is 329 g/mol. The quantitative estimate of drug-likeness (QED) is 0.849. The molecule has 130 valence electrons. The van der Waals surface area contributed by atoms with Crippen molar-refractivity contribution in [2.75, 3.05) is 7.11 Å². The van der Waals surface area contributed by atoms with Crippen molar-refractivity contribution in [3.05, 3.63) is 47.3 Å². The molecule has 1 aromatic carbocycles. The van der Waals surface area contributed by atoms with Crippen LogP contribution in [0.25, 0.3) is 5.69 Å². The molecule has 2 aromatic rings. The van der Waals surface area contributed by atoms with E-state index in [1.165, 1.54) is 0 Å². The van der Waals surface area contributed by atoms with E-state index in [4.69, 9.17) is 4.74 Å². The van der Waals surface area contributed by atoms with Gasteiger partial charge >= 0.3 is 6.03 Å². The van der Waals surface area contributed by atoms with Gasteiger partial charge in [-0.05, 0) is 63.1 Å². The fraction of sp³-hybridized carbons (Fsp3) is 0.421. The van der Waals surface area contributed by atoms with Crippen LogP contribution in [0, 0.1) is 13.8 Å². The van der Waals surface area contributed by atoms with Crippen molar-refractivity contribution in [3.63, 3.8) is 0 Å². The first-order valence-electron chi connectivity index (χ1n) is 8.32. The van der Waals surface area contributed by atoms with Gasteiger partial charge in [-0.15, -0.1) is 0 Å². The lowest BCUT2D eigenvalue weighted by molar-refractivity contribution is 0.237. The zero-order chi connectivity index (χ0) is 17.7. The van der Waals surface area contributed by atoms with Crippen LogP contribution in [0.3, 0.4) is 0 Å². The van der Waals surface area contributed by atoms with Gasteiger partial charge in [0.25, 0.3) is 0 Å². The van der Waals surface area contributed by atoms with Gasteiger partial charge in [0.05, 0.1) is 7.11 Å². The second-order valence-electron chi connectivity index (χ2n) is 6.07. The molecule has 0 radical (unpaired) electrons. The van der Waals surface area contributed by atoms with E-state index in [1.54, 1.807) is 7.11 Å². The number of urea groups is 1. The highest BCUT2D eigenvalue weighted by Crippen LogP contribution is 2.22. The van der Waals surface area contributed by atoms with Gasteiger partial charge in [0.2, 0.25) is 0 Å². The minimum atomic E-state index is -0.126. The summed E-state index contributed by atoms with van der Waals surface area (Å²) in [6.45, 7) is 8.70. The lowest BCUT2D eigenvalue weighted by Crippen LogP contribution is -2.40. The summed E-state index contributed by atoms with van der Waals surface area (Å²) in [4.78, 5) is 11.9. The minimum Gasteiger partial charge on any atom is -0.497 e. The van der Waals surface area contributed by atoms with Crippen LogP contribution >= 0.6 is 0 Å². The summed E-state index contributed by atoms with van der Waals surface area (Å²) in [6, 6.07) is 10.1. The van der Waals surface area contributed by atoms with Gasteiger partial charge in [-0.3, -0.25) is 0 Å². The van der Waals surface area contributed by atoms with E-state index in [-0.39, 0.29) is 12.1 Å². The molecule has 1 atom stereocenters. The number of aromatic nitrogens is 1. The fourth-order valence-corrected chi connectivity index (χ4v) is 2.69. The summed E-state index contributed by atoms with van der Waals surface area (Å²) >= 11 is 0. The summed E-state index contributed by atoms with van der Waals surface area (Å²) in [5.41, 5.74) is 4.46. The number of aryl methyl sites for hydroxylation is 1. The van der Waals surface area contributed by atoms with Crippen LogP contribution < -0.4 is 15.4 Å². The van der Waals surface area contributed by atoms with Gasteiger partial charge in [0.15, 0.2) is 0 Å². The number of carbonyl (C=O) groups is 1. The predicted molar refractivity (Wildman–Crippen MR) is 96.9 cm³/mol. The molecule has 24 heavy (non-hydrogen) atoms. The highest BCUT2D eigenvalue weighted by Gasteiger charge is 2.12. The highest BCUT2D eigenvalue weighted by atomic mass is 16.5. The predicted octanol–water partition coefficient (Wildman–Crippen LogP) is 3.70. The van der Waals surface area contributed by atoms with Gasteiger partial charge in [-0.25, -0.2) is 4.79 Å². The Balaban J connectivity index is 2.12. The Morgan fingerprint density at radius 2 is 1.92 bits per heavy atom. The zero-order valence-corrected chi connectivity index (χ0v) is 15.1. The largest absolute Gasteiger partial charge is 0.497 e. The average Bonchev–Trinajstić information content (AvgIpc) is 2.86. The molecule has 0 saturated heterocycles. The van der Waals surface area contributed by atoms with Crippen LogP contribution in [0.15, 0.2) is 30.3 Å². The lowest BCUT2D eigenvalue weighted by Gasteiger charge is -2.13. The number of amides is 2. The summed E-state index contributed by atoms with van der Waals surface area (Å²) < 4.78 is 7.40. The maximum absolute atomic E-state index is 11.9. The number of carbonyl (C=O) groups excluding carboxylic acids is 1. The van der Waals surface area contributed by atoms with Crippen LogP contribution in [0.1, 0.15) is 37.2 Å². The van der Waals surface area contributed by atoms with Crippen molar-refractivity contribution in [2.24, 2.45) is 0 Å². The van der Waals surface area contributed by atoms with E-state index < -0.39 is 0 Å². The SMILES string of the molecule is CCC(C)NC(=O)NCc1cc(C)n(-c2ccc(OC)cc2)c1C. The van der Waals surface area contributed by atoms with Crippen LogP contribution in [-0.2, 0) is 6.54 Å². The molecule has 2 N–H and O–H groups in total. The smallest absolute Gasteiger partial charge is 0.315 e. The molecule has 0 fully saturated rings. The number of hydrogen-bond donors (Lipinski definition) is 2. The Morgan fingerprint density at radius 1 is 1.25 bits per heavy atom. The van der Waals surface area contributed by atoms with Crippen LogP contribution in [0.4, 0.5) is 4.79 Å². The Kier molecular flexibility index (Phi) is 5.90. The molecule has 2 rings (SSSR count). The van der Waals surface area contributed by atoms with Crippen molar-refractivity contribution in [2.45, 2.75) is 46.7 Å². The first-order valence-corrected chi connectivity index (χ1v) is 8.32. The Hall–Kier alpha value is -2.43. The molecule has 5 heteroatoms. The van der Waals surface area contributed by atoms with E-state index in [2.05, 4.69) is 35.1 Å². The van der Waals surface area contributed by atoms with E-state index in [9.17, 15) is 4.79 Å². The maximum atomic E-state index is 11.9. The molecular weight excluding hydrogens is 302 g/mol. The van der Waals surface area contributed by atoms with E-state index in [1.807, 2.05) is 38.1 Å². The lowest BCUT2D eigenvalue weighted by atomic mass is 10.2. The van der Waals surface area contributed by atoms with Crippen molar-refractivity contribution < 1.29 is 9.53 Å². The Bertz CT molecular complexity index is 689. The molecule has 5 nitrogen and oxygen atoms in total. The number of benzene rings is 1. The molecule has 0 aliphatic rings. The Morgan fingerprint density at radius 3 is 2.50 bits per heavy atom. The van der Waals surface area contributed by atoms with Crippen molar-refractivity contribution in [3.8, 4) is 11.4 Å². The Labute approximate surface area is 144 Å². The van der Waals surface area contributed by atoms with E-state index in [0.717, 1.165) is 34.8 Å². The number of nitrogens with one attached hydrogen (secondary N) is 2. The number of ether oxygens (including phenoxy) is 1. The van der Waals surface area contributed by atoms with E-state index in [0.29, 0.717) is 6.54 Å². The third-order valence-corrected chi connectivity index (χ3v) is 4.30. The van der Waals surface area contributed by atoms with Crippen LogP contribution in [-0.4, -0.2) is 23.7 Å². The molecule has 1 unspecified atom stereocenters. The summed E-state index contributed by atoms with van der Waals surface area (Å²) in [7, 11) is 1.66. The fourth-order valence-electron chi connectivity index (χ4n) is 2.69. The number of rotatable bonds is 6. The molecule has 0 spiro atoms. The molecule has 0 bridgehead atoms. The van der Waals surface area contributed by atoms with Crippen LogP contribution in [0.2, 0.25) is 0 Å². The molecule has 1 heterocycles. The molecule has 0 aliphatic heterocycles. The zero-order valence-electron chi connectivity index (χ0n) is 15.1. The first-order chi connectivity index (χ1) is 11.5. The molecule has 0 aliphatic carbocycles. The highest BCUT2D eigenvalue weighted by molar-refractivity contribution is 5.74. The normalized spacial score (nSPS) is 11.9. The van der Waals surface area contributed by atoms with Gasteiger partial charge < -0.3 is 19.9 Å². The van der Waals surface area contributed by atoms with Crippen LogP contribution in [0.5, 0.6) is 5.75 Å². The molecule has 0 saturated carbocycles. The molecule has 2 amide bonds. The number of methoxy groups -OCH3 is 1. The number of nitrogens with zero attached hydrogens (tertiary/aromatic N) is 1. The minimum absolute atomic E-state index is 0.126. The van der Waals surface area contributed by atoms with Gasteiger partial charge in [0, 0.05) is 29.7 Å². The van der Waals surface area contributed by atoms with Gasteiger partial charge in [0.1, 0.15) is 5.75 Å². The van der Waals surface area contributed by atoms with Gasteiger partial charge in [-0.2, -0.15) is 0 Å². The third kappa shape index (κ3) is 4.10. The maximum Gasteiger partial charge on any atom is 0.315 e. The number of hydrogen-bond acceptors (Lipinski definition) is 2. The van der Waals surface area contributed by atoms with E-state index >= 15 is 0 Å². The van der Waals surface area contributed by atoms with Crippen molar-refractivity contribution in [1.29, 1.82) is 0 Å². The summed E-state index contributed by atoms with van der Waals surface area (Å²) in [5.74, 6) is 0.838. The summed E-state index contributed by atoms with van der Waals surface area (Å²) in [6.07, 6.45) is 0.916. The standard InChI is InChI=1S/C19H27N3O2/c1-6-13(2)21-19(23)20-12-16-11-14(3)22(15(16)4)17-7-9-18(24-5)10-8-17/h7-11,13H,6,12H2,1-5H3,(H2,20,21,23). The molecule has 1 aromatic heterocycles.